The summed E-state index contributed by atoms with van der Waals surface area (Å²) in [5.41, 5.74) is -0.224. The maximum absolute atomic E-state index is 11.4. The van der Waals surface area contributed by atoms with Gasteiger partial charge in [-0.05, 0) is 24.1 Å². The number of non-ortho nitro benzene ring substituents is 1. The van der Waals surface area contributed by atoms with Crippen LogP contribution in [0.4, 0.5) is 23.0 Å². The van der Waals surface area contributed by atoms with Gasteiger partial charge in [0.25, 0.3) is 17.3 Å². The van der Waals surface area contributed by atoms with Crippen LogP contribution in [0, 0.1) is 20.2 Å². The van der Waals surface area contributed by atoms with Crippen molar-refractivity contribution in [2.75, 3.05) is 37.0 Å². The zero-order valence-corrected chi connectivity index (χ0v) is 14.4. The highest BCUT2D eigenvalue weighted by molar-refractivity contribution is 5.67. The van der Waals surface area contributed by atoms with E-state index in [-0.39, 0.29) is 17.3 Å². The minimum Gasteiger partial charge on any atom is -0.365 e. The maximum atomic E-state index is 11.4. The Hall–Kier alpha value is -3.24. The molecule has 0 bridgehead atoms. The smallest absolute Gasteiger partial charge is 0.299 e. The largest absolute Gasteiger partial charge is 0.365 e. The molecule has 1 aromatic carbocycles. The molecule has 1 saturated heterocycles. The van der Waals surface area contributed by atoms with Gasteiger partial charge in [-0.3, -0.25) is 20.2 Å². The Bertz CT molecular complexity index is 836. The molecule has 1 aliphatic rings. The number of piperidine rings is 1. The van der Waals surface area contributed by atoms with Gasteiger partial charge in [0.05, 0.1) is 21.8 Å². The number of hydrogen-bond donors (Lipinski definition) is 0. The van der Waals surface area contributed by atoms with Crippen molar-refractivity contribution in [2.45, 2.75) is 18.8 Å². The van der Waals surface area contributed by atoms with Gasteiger partial charge in [0.1, 0.15) is 5.69 Å². The standard InChI is InChI=1S/C15H18N6O5/c1-18(2)15-16-14(26-17-15)10-4-3-7-19(9-10)12-6-5-11(20(22)23)8-13(12)21(24)25/h5-6,8,10H,3-4,7,9H2,1-2H3. The van der Waals surface area contributed by atoms with E-state index in [0.29, 0.717) is 30.6 Å². The Balaban J connectivity index is 1.87. The monoisotopic (exact) mass is 362 g/mol. The van der Waals surface area contributed by atoms with Crippen LogP contribution >= 0.6 is 0 Å². The first-order valence-corrected chi connectivity index (χ1v) is 8.05. The van der Waals surface area contributed by atoms with E-state index in [0.717, 1.165) is 18.9 Å². The predicted molar refractivity (Wildman–Crippen MR) is 92.6 cm³/mol. The first-order chi connectivity index (χ1) is 12.4. The van der Waals surface area contributed by atoms with Crippen molar-refractivity contribution in [3.05, 3.63) is 44.3 Å². The van der Waals surface area contributed by atoms with E-state index in [4.69, 9.17) is 4.52 Å². The van der Waals surface area contributed by atoms with Crippen LogP contribution in [0.1, 0.15) is 24.7 Å². The van der Waals surface area contributed by atoms with E-state index in [1.165, 1.54) is 12.1 Å². The van der Waals surface area contributed by atoms with Gasteiger partial charge in [-0.15, -0.1) is 0 Å². The molecule has 1 aromatic heterocycles. The molecule has 1 aliphatic heterocycles. The Kier molecular flexibility index (Phi) is 4.69. The quantitative estimate of drug-likeness (QED) is 0.580. The Labute approximate surface area is 148 Å². The molecule has 0 aliphatic carbocycles. The van der Waals surface area contributed by atoms with Crippen LogP contribution in [0.15, 0.2) is 22.7 Å². The summed E-state index contributed by atoms with van der Waals surface area (Å²) >= 11 is 0. The van der Waals surface area contributed by atoms with Crippen LogP contribution in [0.2, 0.25) is 0 Å². The van der Waals surface area contributed by atoms with Crippen LogP contribution in [0.5, 0.6) is 0 Å². The molecule has 2 aromatic rings. The summed E-state index contributed by atoms with van der Waals surface area (Å²) in [6.45, 7) is 1.08. The van der Waals surface area contributed by atoms with E-state index < -0.39 is 9.85 Å². The Morgan fingerprint density at radius 2 is 2.04 bits per heavy atom. The van der Waals surface area contributed by atoms with Crippen molar-refractivity contribution < 1.29 is 14.4 Å². The number of rotatable bonds is 5. The van der Waals surface area contributed by atoms with Crippen molar-refractivity contribution in [1.29, 1.82) is 0 Å². The fourth-order valence-electron chi connectivity index (χ4n) is 3.01. The normalized spacial score (nSPS) is 17.2. The lowest BCUT2D eigenvalue weighted by Crippen LogP contribution is -2.34. The molecule has 11 nitrogen and oxygen atoms in total. The van der Waals surface area contributed by atoms with Gasteiger partial charge in [-0.2, -0.15) is 4.98 Å². The number of aromatic nitrogens is 2. The van der Waals surface area contributed by atoms with Gasteiger partial charge in [0, 0.05) is 33.3 Å². The third kappa shape index (κ3) is 3.41. The van der Waals surface area contributed by atoms with Crippen molar-refractivity contribution >= 4 is 23.0 Å². The molecule has 0 N–H and O–H groups in total. The topological polar surface area (TPSA) is 132 Å². The second-order valence-electron chi connectivity index (χ2n) is 6.30. The van der Waals surface area contributed by atoms with E-state index in [1.54, 1.807) is 4.90 Å². The number of anilines is 2. The Morgan fingerprint density at radius 1 is 1.27 bits per heavy atom. The summed E-state index contributed by atoms with van der Waals surface area (Å²) in [7, 11) is 3.62. The molecule has 2 heterocycles. The molecule has 1 fully saturated rings. The summed E-state index contributed by atoms with van der Waals surface area (Å²) in [5, 5.41) is 26.2. The zero-order chi connectivity index (χ0) is 18.8. The lowest BCUT2D eigenvalue weighted by Gasteiger charge is -2.32. The predicted octanol–water partition coefficient (Wildman–Crippen LogP) is 2.34. The highest BCUT2D eigenvalue weighted by Gasteiger charge is 2.30. The first-order valence-electron chi connectivity index (χ1n) is 8.05. The Morgan fingerprint density at radius 3 is 2.65 bits per heavy atom. The molecule has 0 saturated carbocycles. The van der Waals surface area contributed by atoms with Gasteiger partial charge >= 0.3 is 0 Å². The average molecular weight is 362 g/mol. The second kappa shape index (κ2) is 6.94. The van der Waals surface area contributed by atoms with E-state index in [9.17, 15) is 20.2 Å². The maximum Gasteiger partial charge on any atom is 0.299 e. The molecule has 3 rings (SSSR count). The van der Waals surface area contributed by atoms with Gasteiger partial charge in [0.2, 0.25) is 5.89 Å². The van der Waals surface area contributed by atoms with Gasteiger partial charge in [-0.1, -0.05) is 0 Å². The molecule has 11 heteroatoms. The minimum atomic E-state index is -0.642. The molecular weight excluding hydrogens is 344 g/mol. The van der Waals surface area contributed by atoms with E-state index >= 15 is 0 Å². The number of nitro groups is 2. The van der Waals surface area contributed by atoms with Crippen LogP contribution < -0.4 is 9.80 Å². The lowest BCUT2D eigenvalue weighted by molar-refractivity contribution is -0.393. The molecular formula is C15H18N6O5. The fourth-order valence-corrected chi connectivity index (χ4v) is 3.01. The number of hydrogen-bond acceptors (Lipinski definition) is 9. The third-order valence-electron chi connectivity index (χ3n) is 4.31. The lowest BCUT2D eigenvalue weighted by atomic mass is 9.97. The SMILES string of the molecule is CN(C)c1noc(C2CCCN(c3ccc([N+](=O)[O-])cc3[N+](=O)[O-])C2)n1. The molecule has 0 amide bonds. The van der Waals surface area contributed by atoms with E-state index in [1.807, 2.05) is 19.0 Å². The van der Waals surface area contributed by atoms with Gasteiger partial charge in [-0.25, -0.2) is 0 Å². The third-order valence-corrected chi connectivity index (χ3v) is 4.31. The fraction of sp³-hybridized carbons (Fsp3) is 0.467. The summed E-state index contributed by atoms with van der Waals surface area (Å²) < 4.78 is 5.33. The average Bonchev–Trinajstić information content (AvgIpc) is 3.11. The number of nitro benzene ring substituents is 2. The second-order valence-corrected chi connectivity index (χ2v) is 6.30. The van der Waals surface area contributed by atoms with Crippen molar-refractivity contribution in [3.63, 3.8) is 0 Å². The highest BCUT2D eigenvalue weighted by atomic mass is 16.6. The van der Waals surface area contributed by atoms with Crippen LogP contribution in [-0.2, 0) is 0 Å². The van der Waals surface area contributed by atoms with Gasteiger partial charge in [0.15, 0.2) is 0 Å². The summed E-state index contributed by atoms with van der Waals surface area (Å²) in [4.78, 5) is 29.0. The van der Waals surface area contributed by atoms with Crippen LogP contribution in [0.25, 0.3) is 0 Å². The van der Waals surface area contributed by atoms with Crippen LogP contribution in [0.3, 0.4) is 0 Å². The van der Waals surface area contributed by atoms with E-state index in [2.05, 4.69) is 10.1 Å². The summed E-state index contributed by atoms with van der Waals surface area (Å²) in [6.07, 6.45) is 1.62. The molecule has 1 atom stereocenters. The summed E-state index contributed by atoms with van der Waals surface area (Å²) in [6, 6.07) is 3.70. The van der Waals surface area contributed by atoms with Crippen LogP contribution in [-0.4, -0.2) is 47.2 Å². The van der Waals surface area contributed by atoms with Crippen molar-refractivity contribution in [1.82, 2.24) is 10.1 Å². The molecule has 0 radical (unpaired) electrons. The molecule has 26 heavy (non-hydrogen) atoms. The highest BCUT2D eigenvalue weighted by Crippen LogP contribution is 2.36. The minimum absolute atomic E-state index is 0.0558. The van der Waals surface area contributed by atoms with Crippen molar-refractivity contribution in [2.24, 2.45) is 0 Å². The summed E-state index contributed by atoms with van der Waals surface area (Å²) in [5.74, 6) is 0.904. The van der Waals surface area contributed by atoms with Crippen molar-refractivity contribution in [3.8, 4) is 0 Å². The first kappa shape index (κ1) is 17.6. The molecule has 0 spiro atoms. The molecule has 1 unspecified atom stereocenters. The number of benzene rings is 1. The zero-order valence-electron chi connectivity index (χ0n) is 14.4. The number of nitrogens with zero attached hydrogens (tertiary/aromatic N) is 6. The van der Waals surface area contributed by atoms with Gasteiger partial charge < -0.3 is 14.3 Å². The molecule has 138 valence electrons.